The summed E-state index contributed by atoms with van der Waals surface area (Å²) >= 11 is 6.39. The molecule has 0 unspecified atom stereocenters. The Morgan fingerprint density at radius 1 is 1.12 bits per heavy atom. The minimum Gasteiger partial charge on any atom is -0.143 e. The first-order valence-corrected chi connectivity index (χ1v) is 3.76. The van der Waals surface area contributed by atoms with Gasteiger partial charge in [-0.25, -0.2) is 0 Å². The number of rotatable bonds is 0. The van der Waals surface area contributed by atoms with Crippen molar-refractivity contribution in [2.75, 3.05) is 0 Å². The number of hydrogen-bond acceptors (Lipinski definition) is 1. The molecular weight excluding hydrogens is 231 g/mol. The van der Waals surface area contributed by atoms with Gasteiger partial charge in [-0.05, 0) is 46.9 Å². The lowest BCUT2D eigenvalue weighted by Gasteiger charge is -1.87. The van der Waals surface area contributed by atoms with E-state index in [1.54, 1.807) is 0 Å². The van der Waals surface area contributed by atoms with Crippen LogP contribution >= 0.6 is 35.2 Å². The van der Waals surface area contributed by atoms with E-state index in [9.17, 15) is 0 Å². The van der Waals surface area contributed by atoms with E-state index in [1.807, 2.05) is 24.3 Å². The summed E-state index contributed by atoms with van der Waals surface area (Å²) in [7, 11) is 0. The second kappa shape index (κ2) is 2.73. The maximum absolute atomic E-state index is 4.13. The van der Waals surface area contributed by atoms with Crippen molar-refractivity contribution in [1.29, 1.82) is 0 Å². The molecule has 0 aliphatic carbocycles. The smallest absolute Gasteiger partial charge is 0.0131 e. The SMILES string of the molecule is Sc1ccc(I)cc1. The molecule has 0 saturated heterocycles. The van der Waals surface area contributed by atoms with E-state index in [-0.39, 0.29) is 0 Å². The number of halogens is 1. The lowest BCUT2D eigenvalue weighted by atomic mass is 10.4. The molecule has 2 heteroatoms. The largest absolute Gasteiger partial charge is 0.143 e. The van der Waals surface area contributed by atoms with Crippen LogP contribution in [0.15, 0.2) is 29.2 Å². The Hall–Kier alpha value is 0.300. The molecule has 0 N–H and O–H groups in total. The summed E-state index contributed by atoms with van der Waals surface area (Å²) in [4.78, 5) is 1.02. The Labute approximate surface area is 67.8 Å². The monoisotopic (exact) mass is 236 g/mol. The average Bonchev–Trinajstić information content (AvgIpc) is 1.77. The van der Waals surface area contributed by atoms with Crippen molar-refractivity contribution in [3.05, 3.63) is 27.8 Å². The maximum Gasteiger partial charge on any atom is 0.0131 e. The summed E-state index contributed by atoms with van der Waals surface area (Å²) in [6.07, 6.45) is 0. The van der Waals surface area contributed by atoms with Gasteiger partial charge in [0.1, 0.15) is 0 Å². The standard InChI is InChI=1S/C6H5IS/c7-5-1-3-6(8)4-2-5/h1-4,8H. The summed E-state index contributed by atoms with van der Waals surface area (Å²) in [5.74, 6) is 0. The molecule has 0 heterocycles. The summed E-state index contributed by atoms with van der Waals surface area (Å²) in [6, 6.07) is 8.02. The van der Waals surface area contributed by atoms with Crippen molar-refractivity contribution in [2.24, 2.45) is 0 Å². The Bertz CT molecular complexity index is 147. The van der Waals surface area contributed by atoms with E-state index in [0.29, 0.717) is 0 Å². The van der Waals surface area contributed by atoms with Crippen molar-refractivity contribution in [3.8, 4) is 0 Å². The zero-order valence-electron chi connectivity index (χ0n) is 4.13. The molecule has 0 aliphatic heterocycles. The topological polar surface area (TPSA) is 0 Å². The lowest BCUT2D eigenvalue weighted by Crippen LogP contribution is -1.66. The zero-order chi connectivity index (χ0) is 5.98. The highest BCUT2D eigenvalue weighted by atomic mass is 127. The predicted molar refractivity (Wildman–Crippen MR) is 46.4 cm³/mol. The van der Waals surface area contributed by atoms with Gasteiger partial charge in [-0.2, -0.15) is 0 Å². The van der Waals surface area contributed by atoms with Crippen LogP contribution < -0.4 is 0 Å². The molecule has 0 saturated carbocycles. The molecule has 0 nitrogen and oxygen atoms in total. The van der Waals surface area contributed by atoms with Gasteiger partial charge in [0.15, 0.2) is 0 Å². The minimum absolute atomic E-state index is 1.02. The second-order valence-electron chi connectivity index (χ2n) is 1.48. The van der Waals surface area contributed by atoms with Crippen molar-refractivity contribution < 1.29 is 0 Å². The van der Waals surface area contributed by atoms with E-state index in [2.05, 4.69) is 35.2 Å². The first-order chi connectivity index (χ1) is 3.79. The molecule has 0 amide bonds. The van der Waals surface area contributed by atoms with Gasteiger partial charge in [0, 0.05) is 8.47 Å². The minimum atomic E-state index is 1.02. The van der Waals surface area contributed by atoms with Crippen molar-refractivity contribution in [2.45, 2.75) is 4.90 Å². The van der Waals surface area contributed by atoms with Crippen molar-refractivity contribution in [1.82, 2.24) is 0 Å². The quantitative estimate of drug-likeness (QED) is 0.519. The highest BCUT2D eigenvalue weighted by molar-refractivity contribution is 14.1. The van der Waals surface area contributed by atoms with E-state index < -0.39 is 0 Å². The third kappa shape index (κ3) is 1.67. The fourth-order valence-corrected chi connectivity index (χ4v) is 0.950. The fraction of sp³-hybridized carbons (Fsp3) is 0. The zero-order valence-corrected chi connectivity index (χ0v) is 7.19. The van der Waals surface area contributed by atoms with Crippen molar-refractivity contribution in [3.63, 3.8) is 0 Å². The molecule has 0 aromatic heterocycles. The predicted octanol–water partition coefficient (Wildman–Crippen LogP) is 2.58. The van der Waals surface area contributed by atoms with Crippen LogP contribution in [0.4, 0.5) is 0 Å². The first-order valence-electron chi connectivity index (χ1n) is 2.23. The second-order valence-corrected chi connectivity index (χ2v) is 3.24. The van der Waals surface area contributed by atoms with E-state index in [0.717, 1.165) is 4.90 Å². The Morgan fingerprint density at radius 3 is 2.00 bits per heavy atom. The maximum atomic E-state index is 4.13. The molecule has 1 aromatic carbocycles. The van der Waals surface area contributed by atoms with Crippen LogP contribution in [0, 0.1) is 3.57 Å². The van der Waals surface area contributed by atoms with Crippen LogP contribution in [0.2, 0.25) is 0 Å². The Morgan fingerprint density at radius 2 is 1.62 bits per heavy atom. The average molecular weight is 236 g/mol. The van der Waals surface area contributed by atoms with Crippen LogP contribution in [-0.4, -0.2) is 0 Å². The van der Waals surface area contributed by atoms with Gasteiger partial charge in [-0.15, -0.1) is 12.6 Å². The summed E-state index contributed by atoms with van der Waals surface area (Å²) in [6.45, 7) is 0. The first kappa shape index (κ1) is 6.42. The van der Waals surface area contributed by atoms with Crippen LogP contribution in [-0.2, 0) is 0 Å². The fourth-order valence-electron chi connectivity index (χ4n) is 0.441. The number of hydrogen-bond donors (Lipinski definition) is 1. The third-order valence-electron chi connectivity index (χ3n) is 0.827. The summed E-state index contributed by atoms with van der Waals surface area (Å²) in [5, 5.41) is 0. The van der Waals surface area contributed by atoms with Crippen LogP contribution in [0.3, 0.4) is 0 Å². The van der Waals surface area contributed by atoms with Crippen molar-refractivity contribution >= 4 is 35.2 Å². The van der Waals surface area contributed by atoms with E-state index in [1.165, 1.54) is 3.57 Å². The Balaban J connectivity index is 3.03. The summed E-state index contributed by atoms with van der Waals surface area (Å²) < 4.78 is 1.25. The van der Waals surface area contributed by atoms with Crippen LogP contribution in [0.1, 0.15) is 0 Å². The van der Waals surface area contributed by atoms with Gasteiger partial charge in [0.05, 0.1) is 0 Å². The number of thiol groups is 1. The molecular formula is C6H5IS. The van der Waals surface area contributed by atoms with Gasteiger partial charge in [-0.1, -0.05) is 0 Å². The van der Waals surface area contributed by atoms with Gasteiger partial charge in [0.25, 0.3) is 0 Å². The van der Waals surface area contributed by atoms with Gasteiger partial charge >= 0.3 is 0 Å². The Kier molecular flexibility index (Phi) is 2.19. The normalized spacial score (nSPS) is 9.25. The molecule has 8 heavy (non-hydrogen) atoms. The van der Waals surface area contributed by atoms with E-state index >= 15 is 0 Å². The molecule has 1 aromatic rings. The molecule has 1 rings (SSSR count). The third-order valence-corrected chi connectivity index (χ3v) is 1.84. The van der Waals surface area contributed by atoms with Gasteiger partial charge in [-0.3, -0.25) is 0 Å². The molecule has 0 fully saturated rings. The highest BCUT2D eigenvalue weighted by Gasteiger charge is 1.82. The molecule has 0 aliphatic rings. The van der Waals surface area contributed by atoms with E-state index in [4.69, 9.17) is 0 Å². The van der Waals surface area contributed by atoms with Gasteiger partial charge in [0.2, 0.25) is 0 Å². The molecule has 0 radical (unpaired) electrons. The lowest BCUT2D eigenvalue weighted by molar-refractivity contribution is 1.45. The molecule has 42 valence electrons. The van der Waals surface area contributed by atoms with Gasteiger partial charge < -0.3 is 0 Å². The highest BCUT2D eigenvalue weighted by Crippen LogP contribution is 2.08. The summed E-state index contributed by atoms with van der Waals surface area (Å²) in [5.41, 5.74) is 0. The van der Waals surface area contributed by atoms with Crippen LogP contribution in [0.5, 0.6) is 0 Å². The van der Waals surface area contributed by atoms with Crippen LogP contribution in [0.25, 0.3) is 0 Å². The number of benzene rings is 1. The molecule has 0 bridgehead atoms. The molecule has 0 spiro atoms. The molecule has 0 atom stereocenters.